The van der Waals surface area contributed by atoms with Crippen molar-refractivity contribution in [1.82, 2.24) is 0 Å². The zero-order valence-electron chi connectivity index (χ0n) is 12.7. The van der Waals surface area contributed by atoms with Crippen LogP contribution in [0.4, 0.5) is 0 Å². The van der Waals surface area contributed by atoms with Gasteiger partial charge in [0.25, 0.3) is 0 Å². The Bertz CT molecular complexity index is 434. The van der Waals surface area contributed by atoms with Crippen LogP contribution in [0.25, 0.3) is 0 Å². The Labute approximate surface area is 126 Å². The lowest BCUT2D eigenvalue weighted by molar-refractivity contribution is 0.0508. The van der Waals surface area contributed by atoms with Crippen molar-refractivity contribution >= 4 is 22.9 Å². The third kappa shape index (κ3) is 3.01. The van der Waals surface area contributed by atoms with Gasteiger partial charge in [0.05, 0.1) is 17.6 Å². The van der Waals surface area contributed by atoms with Gasteiger partial charge in [0.15, 0.2) is 0 Å². The maximum Gasteiger partial charge on any atom is 0.0734 e. The van der Waals surface area contributed by atoms with Crippen molar-refractivity contribution in [3.05, 3.63) is 21.9 Å². The fraction of sp³-hybridized carbons (Fsp3) is 0.750. The molecule has 0 amide bonds. The van der Waals surface area contributed by atoms with E-state index in [0.717, 1.165) is 0 Å². The molecule has 2 heterocycles. The van der Waals surface area contributed by atoms with Gasteiger partial charge in [-0.05, 0) is 37.3 Å². The summed E-state index contributed by atoms with van der Waals surface area (Å²) in [5.74, 6) is 0.917. The predicted molar refractivity (Wildman–Crippen MR) is 84.3 cm³/mol. The average Bonchev–Trinajstić information content (AvgIpc) is 2.84. The molecular weight excluding hydrogens is 276 g/mol. The van der Waals surface area contributed by atoms with E-state index >= 15 is 0 Å². The number of hydrogen-bond donors (Lipinski definition) is 0. The highest BCUT2D eigenvalue weighted by Gasteiger charge is 2.42. The zero-order valence-corrected chi connectivity index (χ0v) is 14.3. The van der Waals surface area contributed by atoms with Gasteiger partial charge in [-0.2, -0.15) is 0 Å². The molecule has 0 saturated carbocycles. The van der Waals surface area contributed by atoms with Crippen molar-refractivity contribution in [2.45, 2.75) is 64.5 Å². The predicted octanol–water partition coefficient (Wildman–Crippen LogP) is 5.39. The molecule has 1 aliphatic heterocycles. The van der Waals surface area contributed by atoms with Crippen LogP contribution in [0.3, 0.4) is 0 Å². The summed E-state index contributed by atoms with van der Waals surface area (Å²) in [5.41, 5.74) is 0.205. The van der Waals surface area contributed by atoms with Gasteiger partial charge in [-0.1, -0.05) is 27.7 Å². The summed E-state index contributed by atoms with van der Waals surface area (Å²) in [6.07, 6.45) is 0.552. The lowest BCUT2D eigenvalue weighted by atomic mass is 9.86. The van der Waals surface area contributed by atoms with E-state index in [1.165, 1.54) is 9.75 Å². The molecular formula is C16H25ClOS. The van der Waals surface area contributed by atoms with Gasteiger partial charge in [0.2, 0.25) is 0 Å². The van der Waals surface area contributed by atoms with Crippen LogP contribution in [-0.4, -0.2) is 12.2 Å². The lowest BCUT2D eigenvalue weighted by Gasteiger charge is -2.23. The van der Waals surface area contributed by atoms with Gasteiger partial charge in [-0.15, -0.1) is 22.9 Å². The molecule has 0 aliphatic carbocycles. The number of halogens is 1. The third-order valence-electron chi connectivity index (χ3n) is 4.29. The first-order valence-electron chi connectivity index (χ1n) is 7.11. The van der Waals surface area contributed by atoms with E-state index in [4.69, 9.17) is 16.3 Å². The molecule has 1 aliphatic rings. The summed E-state index contributed by atoms with van der Waals surface area (Å²) in [6.45, 7) is 13.3. The lowest BCUT2D eigenvalue weighted by Crippen LogP contribution is -2.21. The molecule has 0 N–H and O–H groups in total. The highest BCUT2D eigenvalue weighted by Crippen LogP contribution is 2.46. The van der Waals surface area contributed by atoms with E-state index in [1.807, 2.05) is 11.3 Å². The smallest absolute Gasteiger partial charge is 0.0734 e. The van der Waals surface area contributed by atoms with Crippen LogP contribution in [0.2, 0.25) is 0 Å². The molecule has 5 atom stereocenters. The summed E-state index contributed by atoms with van der Waals surface area (Å²) < 4.78 is 5.92. The molecule has 1 aromatic heterocycles. The minimum Gasteiger partial charge on any atom is -0.375 e. The molecule has 0 radical (unpaired) electrons. The number of alkyl halides is 1. The van der Waals surface area contributed by atoms with Crippen LogP contribution >= 0.6 is 22.9 Å². The van der Waals surface area contributed by atoms with E-state index in [2.05, 4.69) is 53.7 Å². The van der Waals surface area contributed by atoms with Gasteiger partial charge in [-0.3, -0.25) is 0 Å². The summed E-state index contributed by atoms with van der Waals surface area (Å²) in [6, 6.07) is 4.43. The van der Waals surface area contributed by atoms with Gasteiger partial charge < -0.3 is 4.74 Å². The topological polar surface area (TPSA) is 9.23 Å². The molecule has 2 rings (SSSR count). The molecule has 3 heteroatoms. The van der Waals surface area contributed by atoms with Gasteiger partial charge in [0.1, 0.15) is 0 Å². The van der Waals surface area contributed by atoms with E-state index in [1.54, 1.807) is 0 Å². The molecule has 108 valence electrons. The first-order valence-corrected chi connectivity index (χ1v) is 8.37. The van der Waals surface area contributed by atoms with Crippen molar-refractivity contribution in [3.63, 3.8) is 0 Å². The second-order valence-corrected chi connectivity index (χ2v) is 8.42. The largest absolute Gasteiger partial charge is 0.375 e. The Morgan fingerprint density at radius 2 is 1.79 bits per heavy atom. The standard InChI is InChI=1S/C16H25ClOS/c1-9-10(2)18-11(3)14(9)15(17)12-7-8-13(19-12)16(4,5)6/h7-11,14-15H,1-6H3. The zero-order chi connectivity index (χ0) is 14.4. The van der Waals surface area contributed by atoms with Crippen LogP contribution in [0, 0.1) is 11.8 Å². The Morgan fingerprint density at radius 1 is 1.16 bits per heavy atom. The first-order chi connectivity index (χ1) is 8.71. The molecule has 0 bridgehead atoms. The molecule has 1 nitrogen and oxygen atoms in total. The van der Waals surface area contributed by atoms with Gasteiger partial charge in [0, 0.05) is 15.7 Å². The van der Waals surface area contributed by atoms with Crippen molar-refractivity contribution in [2.75, 3.05) is 0 Å². The van der Waals surface area contributed by atoms with Crippen molar-refractivity contribution in [1.29, 1.82) is 0 Å². The van der Waals surface area contributed by atoms with Crippen LogP contribution in [-0.2, 0) is 10.2 Å². The fourth-order valence-corrected chi connectivity index (χ4v) is 4.63. The minimum atomic E-state index is 0.0658. The van der Waals surface area contributed by atoms with E-state index in [-0.39, 0.29) is 16.9 Å². The van der Waals surface area contributed by atoms with E-state index in [9.17, 15) is 0 Å². The second-order valence-electron chi connectivity index (χ2n) is 6.84. The second kappa shape index (κ2) is 5.38. The number of ether oxygens (including phenoxy) is 1. The molecule has 0 aromatic carbocycles. The average molecular weight is 301 g/mol. The third-order valence-corrected chi connectivity index (χ3v) is 6.54. The summed E-state index contributed by atoms with van der Waals surface area (Å²) in [5, 5.41) is 0.0658. The summed E-state index contributed by atoms with van der Waals surface area (Å²) >= 11 is 8.61. The van der Waals surface area contributed by atoms with Crippen LogP contribution < -0.4 is 0 Å². The van der Waals surface area contributed by atoms with Crippen molar-refractivity contribution < 1.29 is 4.74 Å². The number of rotatable bonds is 2. The van der Waals surface area contributed by atoms with Gasteiger partial charge >= 0.3 is 0 Å². The number of thiophene rings is 1. The molecule has 0 spiro atoms. The van der Waals surface area contributed by atoms with Crippen molar-refractivity contribution in [3.8, 4) is 0 Å². The molecule has 1 aromatic rings. The Morgan fingerprint density at radius 3 is 2.21 bits per heavy atom. The Kier molecular flexibility index (Phi) is 4.35. The first kappa shape index (κ1) is 15.3. The molecule has 5 unspecified atom stereocenters. The minimum absolute atomic E-state index is 0.0658. The van der Waals surface area contributed by atoms with E-state index < -0.39 is 0 Å². The molecule has 1 saturated heterocycles. The maximum absolute atomic E-state index is 6.76. The van der Waals surface area contributed by atoms with Gasteiger partial charge in [-0.25, -0.2) is 0 Å². The summed E-state index contributed by atoms with van der Waals surface area (Å²) in [4.78, 5) is 2.69. The van der Waals surface area contributed by atoms with E-state index in [0.29, 0.717) is 17.9 Å². The Balaban J connectivity index is 2.20. The van der Waals surface area contributed by atoms with Crippen LogP contribution in [0.1, 0.15) is 56.7 Å². The van der Waals surface area contributed by atoms with Crippen molar-refractivity contribution in [2.24, 2.45) is 11.8 Å². The quantitative estimate of drug-likeness (QED) is 0.666. The normalized spacial score (nSPS) is 33.6. The Hall–Kier alpha value is -0.0500. The molecule has 1 fully saturated rings. The number of hydrogen-bond acceptors (Lipinski definition) is 2. The highest BCUT2D eigenvalue weighted by molar-refractivity contribution is 7.12. The maximum atomic E-state index is 6.76. The fourth-order valence-electron chi connectivity index (χ4n) is 2.89. The molecule has 19 heavy (non-hydrogen) atoms. The van der Waals surface area contributed by atoms with Crippen LogP contribution in [0.5, 0.6) is 0 Å². The van der Waals surface area contributed by atoms with Crippen LogP contribution in [0.15, 0.2) is 12.1 Å². The highest BCUT2D eigenvalue weighted by atomic mass is 35.5. The summed E-state index contributed by atoms with van der Waals surface area (Å²) in [7, 11) is 0. The monoisotopic (exact) mass is 300 g/mol. The SMILES string of the molecule is CC1OC(C)C(C(Cl)c2ccc(C(C)(C)C)s2)C1C.